The molecule has 0 amide bonds. The lowest BCUT2D eigenvalue weighted by atomic mass is 9.95. The first-order valence-corrected chi connectivity index (χ1v) is 37.1. The molecule has 4 heterocycles. The first-order chi connectivity index (χ1) is 54.5. The van der Waals surface area contributed by atoms with E-state index in [9.17, 15) is 0 Å². The monoisotopic (exact) mass is 1410 g/mol. The molecule has 110 heavy (non-hydrogen) atoms. The van der Waals surface area contributed by atoms with E-state index >= 15 is 0 Å². The summed E-state index contributed by atoms with van der Waals surface area (Å²) < 4.78 is 27.3. The van der Waals surface area contributed by atoms with Crippen molar-refractivity contribution in [2.24, 2.45) is 0 Å². The zero-order chi connectivity index (χ0) is 72.6. The molecular formula is C102H64N4O4. The first kappa shape index (κ1) is 63.6. The minimum atomic E-state index is 0.542. The molecule has 0 spiro atoms. The summed E-state index contributed by atoms with van der Waals surface area (Å²) in [6, 6.07) is 137. The van der Waals surface area contributed by atoms with Crippen LogP contribution in [-0.2, 0) is 0 Å². The Morgan fingerprint density at radius 3 is 1.13 bits per heavy atom. The van der Waals surface area contributed by atoms with Crippen molar-refractivity contribution in [3.05, 3.63) is 388 Å². The number of oxazole rings is 2. The fraction of sp³-hybridized carbons (Fsp3) is 0. The van der Waals surface area contributed by atoms with E-state index < -0.39 is 0 Å². The number of furan rings is 2. The molecule has 8 heteroatoms. The lowest BCUT2D eigenvalue weighted by Crippen LogP contribution is -2.11. The Morgan fingerprint density at radius 1 is 0.200 bits per heavy atom. The smallest absolute Gasteiger partial charge is 0.227 e. The van der Waals surface area contributed by atoms with Crippen molar-refractivity contribution in [3.63, 3.8) is 0 Å². The van der Waals surface area contributed by atoms with Crippen LogP contribution < -0.4 is 9.80 Å². The minimum absolute atomic E-state index is 0.542. The number of nitrogens with zero attached hydrogens (tertiary/aromatic N) is 4. The second-order valence-corrected chi connectivity index (χ2v) is 27.9. The van der Waals surface area contributed by atoms with Crippen molar-refractivity contribution in [3.8, 4) is 101 Å². The van der Waals surface area contributed by atoms with Crippen LogP contribution in [0, 0.1) is 0 Å². The van der Waals surface area contributed by atoms with Crippen LogP contribution in [0.3, 0.4) is 0 Å². The van der Waals surface area contributed by atoms with Crippen molar-refractivity contribution in [2.45, 2.75) is 0 Å². The Kier molecular flexibility index (Phi) is 15.4. The summed E-state index contributed by atoms with van der Waals surface area (Å²) >= 11 is 0. The number of fused-ring (bicyclic) bond motifs is 9. The molecule has 0 unspecified atom stereocenters. The first-order valence-electron chi connectivity index (χ1n) is 37.1. The topological polar surface area (TPSA) is 84.8 Å². The summed E-state index contributed by atoms with van der Waals surface area (Å²) in [5.41, 5.74) is 28.7. The van der Waals surface area contributed by atoms with Crippen molar-refractivity contribution in [2.75, 3.05) is 9.80 Å². The molecule has 0 saturated heterocycles. The van der Waals surface area contributed by atoms with Gasteiger partial charge in [-0.15, -0.1) is 0 Å². The number of anilines is 6. The van der Waals surface area contributed by atoms with Gasteiger partial charge in [-0.2, -0.15) is 0 Å². The van der Waals surface area contributed by atoms with Gasteiger partial charge in [-0.25, -0.2) is 9.97 Å². The summed E-state index contributed by atoms with van der Waals surface area (Å²) in [5, 5.41) is 6.35. The highest BCUT2D eigenvalue weighted by Gasteiger charge is 2.27. The summed E-state index contributed by atoms with van der Waals surface area (Å²) in [5.74, 6) is 1.11. The van der Waals surface area contributed by atoms with Gasteiger partial charge in [0.25, 0.3) is 0 Å². The lowest BCUT2D eigenvalue weighted by Gasteiger charge is -2.28. The van der Waals surface area contributed by atoms with Gasteiger partial charge in [-0.3, -0.25) is 0 Å². The van der Waals surface area contributed by atoms with Gasteiger partial charge in [0.15, 0.2) is 11.2 Å². The molecule has 0 radical (unpaired) electrons. The number of rotatable bonds is 15. The van der Waals surface area contributed by atoms with Gasteiger partial charge in [0.1, 0.15) is 33.4 Å². The number of para-hydroxylation sites is 3. The summed E-state index contributed by atoms with van der Waals surface area (Å²) in [4.78, 5) is 14.9. The van der Waals surface area contributed by atoms with Crippen LogP contribution in [0.1, 0.15) is 0 Å². The third kappa shape index (κ3) is 11.2. The highest BCUT2D eigenvalue weighted by molar-refractivity contribution is 6.19. The van der Waals surface area contributed by atoms with Crippen LogP contribution >= 0.6 is 0 Å². The maximum absolute atomic E-state index is 7.08. The van der Waals surface area contributed by atoms with E-state index in [0.29, 0.717) is 22.9 Å². The van der Waals surface area contributed by atoms with Gasteiger partial charge in [-0.1, -0.05) is 255 Å². The molecule has 0 bridgehead atoms. The molecule has 0 aliphatic rings. The molecule has 0 aliphatic heterocycles. The number of hydrogen-bond acceptors (Lipinski definition) is 8. The van der Waals surface area contributed by atoms with E-state index in [1.165, 1.54) is 16.3 Å². The van der Waals surface area contributed by atoms with E-state index in [0.717, 1.165) is 172 Å². The van der Waals surface area contributed by atoms with Crippen LogP contribution in [0.25, 0.3) is 178 Å². The summed E-state index contributed by atoms with van der Waals surface area (Å²) in [6.45, 7) is 0. The van der Waals surface area contributed by atoms with E-state index in [1.54, 1.807) is 0 Å². The second kappa shape index (κ2) is 26.6. The highest BCUT2D eigenvalue weighted by Crippen LogP contribution is 2.49. The fourth-order valence-electron chi connectivity index (χ4n) is 16.0. The molecule has 4 aromatic heterocycles. The molecule has 17 aromatic carbocycles. The number of hydrogen-bond donors (Lipinski definition) is 0. The average molecular weight is 1410 g/mol. The van der Waals surface area contributed by atoms with Crippen molar-refractivity contribution < 1.29 is 17.7 Å². The van der Waals surface area contributed by atoms with Gasteiger partial charge < -0.3 is 27.5 Å². The normalized spacial score (nSPS) is 11.6. The molecule has 0 saturated carbocycles. The average Bonchev–Trinajstić information content (AvgIpc) is 1.58. The van der Waals surface area contributed by atoms with Crippen LogP contribution in [0.2, 0.25) is 0 Å². The van der Waals surface area contributed by atoms with Crippen LogP contribution in [0.5, 0.6) is 0 Å². The van der Waals surface area contributed by atoms with Gasteiger partial charge >= 0.3 is 0 Å². The van der Waals surface area contributed by atoms with Crippen LogP contribution in [0.4, 0.5) is 34.1 Å². The highest BCUT2D eigenvalue weighted by atomic mass is 16.4. The molecule has 0 atom stereocenters. The van der Waals surface area contributed by atoms with Crippen molar-refractivity contribution in [1.82, 2.24) is 9.97 Å². The Hall–Kier alpha value is -14.9. The standard InChI is InChI=1S/C102H64N4O4/c1-5-22-65(23-6-1)66-42-53-81(54-43-66)106(92-40-17-15-37-85(92)84-39-21-29-68-24-13-14-36-83(68)84)82-57-48-70(49-58-82)96-98-89(64-91-100(96)110-102(104-91)72-27-9-3-10-28-72)87-62-77(50-59-94(87)108-98)76-33-20-32-75(61-76)74-31-19-30-73(60-74)67-44-51-79(52-45-67)105(78-34-11-4-12-35-78)80-55-46-69(47-56-80)95-97-88(86-38-16-18-41-93(86)107-97)63-90-99(95)109-101(103-90)71-25-7-2-8-26-71/h1-64H. The van der Waals surface area contributed by atoms with Crippen LogP contribution in [0.15, 0.2) is 406 Å². The Bertz CT molecular complexity index is 7040. The lowest BCUT2D eigenvalue weighted by molar-refractivity contribution is 0.618. The molecule has 21 aromatic rings. The van der Waals surface area contributed by atoms with E-state index in [1.807, 2.05) is 78.9 Å². The van der Waals surface area contributed by atoms with Gasteiger partial charge in [0, 0.05) is 66.7 Å². The van der Waals surface area contributed by atoms with Crippen LogP contribution in [-0.4, -0.2) is 9.97 Å². The SMILES string of the molecule is c1ccc(-c2ccc(N(c3ccc(-c4c5oc(-c6ccccc6)nc5cc5c4oc4ccc(-c6cccc(-c7cccc(-c8ccc(N(c9ccccc9)c9ccc(-c%10c%11oc(-c%12ccccc%12)nc%11cc%11c%10oc%10ccccc%10%11)cc9)cc8)c7)c6)cc45)cc3)c3ccccc3-c3cccc4ccccc34)cc2)cc1. The zero-order valence-corrected chi connectivity index (χ0v) is 59.4. The summed E-state index contributed by atoms with van der Waals surface area (Å²) in [6.07, 6.45) is 0. The largest absolute Gasteiger partial charge is 0.455 e. The quantitative estimate of drug-likeness (QED) is 0.100. The third-order valence-electron chi connectivity index (χ3n) is 21.3. The zero-order valence-electron chi connectivity index (χ0n) is 59.4. The maximum Gasteiger partial charge on any atom is 0.227 e. The molecule has 0 fully saturated rings. The third-order valence-corrected chi connectivity index (χ3v) is 21.3. The molecule has 8 nitrogen and oxygen atoms in total. The number of aromatic nitrogens is 2. The van der Waals surface area contributed by atoms with Gasteiger partial charge in [0.2, 0.25) is 11.8 Å². The Balaban J connectivity index is 0.607. The minimum Gasteiger partial charge on any atom is -0.455 e. The van der Waals surface area contributed by atoms with Gasteiger partial charge in [0.05, 0.1) is 16.8 Å². The predicted octanol–water partition coefficient (Wildman–Crippen LogP) is 28.9. The molecular weight excluding hydrogens is 1350 g/mol. The fourth-order valence-corrected chi connectivity index (χ4v) is 16.0. The van der Waals surface area contributed by atoms with E-state index in [4.69, 9.17) is 27.6 Å². The Morgan fingerprint density at radius 2 is 0.564 bits per heavy atom. The second-order valence-electron chi connectivity index (χ2n) is 27.9. The summed E-state index contributed by atoms with van der Waals surface area (Å²) in [7, 11) is 0. The maximum atomic E-state index is 7.08. The number of benzene rings is 17. The predicted molar refractivity (Wildman–Crippen MR) is 452 cm³/mol. The van der Waals surface area contributed by atoms with Crippen molar-refractivity contribution in [1.29, 1.82) is 0 Å². The van der Waals surface area contributed by atoms with E-state index in [2.05, 4.69) is 319 Å². The molecule has 21 rings (SSSR count). The molecule has 0 aliphatic carbocycles. The molecule has 516 valence electrons. The van der Waals surface area contributed by atoms with Crippen molar-refractivity contribution >= 4 is 111 Å². The molecule has 0 N–H and O–H groups in total. The van der Waals surface area contributed by atoms with Gasteiger partial charge in [-0.05, 0) is 205 Å². The van der Waals surface area contributed by atoms with E-state index in [-0.39, 0.29) is 0 Å². The Labute approximate surface area is 633 Å².